The van der Waals surface area contributed by atoms with E-state index in [1.807, 2.05) is 0 Å². The van der Waals surface area contributed by atoms with E-state index in [9.17, 15) is 4.79 Å². The van der Waals surface area contributed by atoms with Crippen molar-refractivity contribution in [2.45, 2.75) is 63.8 Å². The average Bonchev–Trinajstić information content (AvgIpc) is 2.55. The van der Waals surface area contributed by atoms with E-state index in [4.69, 9.17) is 5.73 Å². The molecule has 1 aliphatic carbocycles. The lowest BCUT2D eigenvalue weighted by Crippen LogP contribution is -2.53. The second-order valence-electron chi connectivity index (χ2n) is 7.66. The van der Waals surface area contributed by atoms with Crippen LogP contribution in [0.1, 0.15) is 57.8 Å². The minimum Gasteiger partial charge on any atom is -0.338 e. The first-order valence-corrected chi connectivity index (χ1v) is 9.50. The summed E-state index contributed by atoms with van der Waals surface area (Å²) in [5.74, 6) is 1.89. The first kappa shape index (κ1) is 16.3. The van der Waals surface area contributed by atoms with Crippen molar-refractivity contribution >= 4 is 5.91 Å². The molecule has 3 fully saturated rings. The number of piperidine rings is 2. The monoisotopic (exact) mass is 307 g/mol. The molecule has 0 spiro atoms. The first-order chi connectivity index (χ1) is 10.8. The van der Waals surface area contributed by atoms with Crippen molar-refractivity contribution in [2.24, 2.45) is 17.6 Å². The highest BCUT2D eigenvalue weighted by Crippen LogP contribution is 2.35. The molecule has 0 bridgehead atoms. The molecule has 0 radical (unpaired) electrons. The van der Waals surface area contributed by atoms with Gasteiger partial charge in [-0.25, -0.2) is 0 Å². The molecule has 1 saturated carbocycles. The molecule has 0 aromatic carbocycles. The fourth-order valence-electron chi connectivity index (χ4n) is 4.98. The van der Waals surface area contributed by atoms with E-state index in [0.29, 0.717) is 24.4 Å². The summed E-state index contributed by atoms with van der Waals surface area (Å²) in [4.78, 5) is 17.5. The zero-order valence-corrected chi connectivity index (χ0v) is 14.0. The molecule has 3 atom stereocenters. The van der Waals surface area contributed by atoms with Crippen LogP contribution in [0.2, 0.25) is 0 Å². The van der Waals surface area contributed by atoms with Crippen molar-refractivity contribution in [1.29, 1.82) is 0 Å². The third-order valence-electron chi connectivity index (χ3n) is 6.10. The Labute approximate surface area is 135 Å². The van der Waals surface area contributed by atoms with Crippen LogP contribution in [0.25, 0.3) is 0 Å². The normalized spacial score (nSPS) is 33.5. The maximum atomic E-state index is 12.8. The largest absolute Gasteiger partial charge is 0.338 e. The molecule has 2 N–H and O–H groups in total. The van der Waals surface area contributed by atoms with Crippen LogP contribution in [0.15, 0.2) is 0 Å². The van der Waals surface area contributed by atoms with Crippen molar-refractivity contribution in [3.8, 4) is 0 Å². The summed E-state index contributed by atoms with van der Waals surface area (Å²) in [6, 6.07) is 0.555. The molecule has 4 heteroatoms. The van der Waals surface area contributed by atoms with Gasteiger partial charge in [0.15, 0.2) is 0 Å². The molecule has 126 valence electrons. The van der Waals surface area contributed by atoms with E-state index in [1.165, 1.54) is 51.4 Å². The second-order valence-corrected chi connectivity index (χ2v) is 7.66. The van der Waals surface area contributed by atoms with Crippen LogP contribution in [0.5, 0.6) is 0 Å². The zero-order valence-electron chi connectivity index (χ0n) is 14.0. The number of fused-ring (bicyclic) bond motifs is 1. The Balaban J connectivity index is 1.54. The third kappa shape index (κ3) is 3.83. The Hall–Kier alpha value is -0.610. The first-order valence-electron chi connectivity index (χ1n) is 9.50. The average molecular weight is 307 g/mol. The van der Waals surface area contributed by atoms with Gasteiger partial charge in [0.25, 0.3) is 0 Å². The summed E-state index contributed by atoms with van der Waals surface area (Å²) in [6.45, 7) is 4.59. The van der Waals surface area contributed by atoms with Gasteiger partial charge >= 0.3 is 0 Å². The number of likely N-dealkylation sites (tertiary alicyclic amines) is 2. The van der Waals surface area contributed by atoms with E-state index >= 15 is 0 Å². The number of amides is 1. The number of nitrogens with two attached hydrogens (primary N) is 1. The second kappa shape index (κ2) is 7.78. The van der Waals surface area contributed by atoms with Gasteiger partial charge in [0.05, 0.1) is 6.54 Å². The molecule has 22 heavy (non-hydrogen) atoms. The number of rotatable bonds is 4. The predicted octanol–water partition coefficient (Wildman–Crippen LogP) is 2.23. The molecule has 2 heterocycles. The van der Waals surface area contributed by atoms with Crippen LogP contribution in [0.4, 0.5) is 0 Å². The van der Waals surface area contributed by atoms with Crippen molar-refractivity contribution in [2.75, 3.05) is 32.7 Å². The van der Waals surface area contributed by atoms with Crippen molar-refractivity contribution in [3.63, 3.8) is 0 Å². The van der Waals surface area contributed by atoms with Crippen LogP contribution < -0.4 is 5.73 Å². The summed E-state index contributed by atoms with van der Waals surface area (Å²) < 4.78 is 0. The minimum atomic E-state index is 0.394. The topological polar surface area (TPSA) is 49.6 Å². The van der Waals surface area contributed by atoms with Crippen molar-refractivity contribution in [3.05, 3.63) is 0 Å². The molecule has 3 unspecified atom stereocenters. The van der Waals surface area contributed by atoms with Gasteiger partial charge in [-0.1, -0.05) is 12.8 Å². The van der Waals surface area contributed by atoms with Crippen LogP contribution in [-0.2, 0) is 4.79 Å². The molecule has 0 aromatic heterocycles. The van der Waals surface area contributed by atoms with E-state index < -0.39 is 0 Å². The Morgan fingerprint density at radius 3 is 2.64 bits per heavy atom. The van der Waals surface area contributed by atoms with Gasteiger partial charge in [-0.15, -0.1) is 0 Å². The molecule has 0 aromatic rings. The van der Waals surface area contributed by atoms with E-state index in [1.54, 1.807) is 0 Å². The number of hydrogen-bond acceptors (Lipinski definition) is 3. The van der Waals surface area contributed by atoms with Gasteiger partial charge in [-0.05, 0) is 69.9 Å². The number of hydrogen-bond donors (Lipinski definition) is 1. The van der Waals surface area contributed by atoms with E-state index in [-0.39, 0.29) is 0 Å². The quantitative estimate of drug-likeness (QED) is 0.866. The smallest absolute Gasteiger partial charge is 0.237 e. The van der Waals surface area contributed by atoms with Crippen LogP contribution in [-0.4, -0.2) is 54.5 Å². The fraction of sp³-hybridized carbons (Fsp3) is 0.944. The van der Waals surface area contributed by atoms with Crippen LogP contribution in [0.3, 0.4) is 0 Å². The molecule has 2 aliphatic heterocycles. The number of carbonyl (C=O) groups is 1. The standard InChI is InChI=1S/C18H33N3O/c19-10-9-15-5-3-11-20(13-15)14-18(22)21-12-4-7-16-6-1-2-8-17(16)21/h15-17H,1-14,19H2. The summed E-state index contributed by atoms with van der Waals surface area (Å²) in [5, 5.41) is 0. The lowest BCUT2D eigenvalue weighted by Gasteiger charge is -2.45. The van der Waals surface area contributed by atoms with Crippen LogP contribution >= 0.6 is 0 Å². The summed E-state index contributed by atoms with van der Waals surface area (Å²) in [7, 11) is 0. The number of nitrogens with zero attached hydrogens (tertiary/aromatic N) is 2. The Morgan fingerprint density at radius 2 is 1.77 bits per heavy atom. The zero-order chi connectivity index (χ0) is 15.4. The molecular formula is C18H33N3O. The van der Waals surface area contributed by atoms with Gasteiger partial charge < -0.3 is 10.6 Å². The summed E-state index contributed by atoms with van der Waals surface area (Å²) >= 11 is 0. The Morgan fingerprint density at radius 1 is 1.00 bits per heavy atom. The summed E-state index contributed by atoms with van der Waals surface area (Å²) in [6.07, 6.45) is 11.4. The Bertz CT molecular complexity index is 369. The number of carbonyl (C=O) groups excluding carboxylic acids is 1. The molecule has 4 nitrogen and oxygen atoms in total. The lowest BCUT2D eigenvalue weighted by atomic mass is 9.78. The Kier molecular flexibility index (Phi) is 5.75. The molecule has 2 saturated heterocycles. The highest BCUT2D eigenvalue weighted by molar-refractivity contribution is 5.78. The molecular weight excluding hydrogens is 274 g/mol. The minimum absolute atomic E-state index is 0.394. The van der Waals surface area contributed by atoms with Crippen molar-refractivity contribution in [1.82, 2.24) is 9.80 Å². The van der Waals surface area contributed by atoms with Gasteiger partial charge in [-0.2, -0.15) is 0 Å². The van der Waals surface area contributed by atoms with Gasteiger partial charge in [0.2, 0.25) is 5.91 Å². The van der Waals surface area contributed by atoms with Crippen molar-refractivity contribution < 1.29 is 4.79 Å². The third-order valence-corrected chi connectivity index (χ3v) is 6.10. The van der Waals surface area contributed by atoms with E-state index in [2.05, 4.69) is 9.80 Å². The predicted molar refractivity (Wildman–Crippen MR) is 89.5 cm³/mol. The highest BCUT2D eigenvalue weighted by atomic mass is 16.2. The maximum absolute atomic E-state index is 12.8. The maximum Gasteiger partial charge on any atom is 0.237 e. The van der Waals surface area contributed by atoms with Gasteiger partial charge in [-0.3, -0.25) is 9.69 Å². The van der Waals surface area contributed by atoms with Crippen LogP contribution in [0, 0.1) is 11.8 Å². The van der Waals surface area contributed by atoms with Gasteiger partial charge in [0.1, 0.15) is 0 Å². The fourth-order valence-corrected chi connectivity index (χ4v) is 4.98. The highest BCUT2D eigenvalue weighted by Gasteiger charge is 2.36. The molecule has 3 aliphatic rings. The summed E-state index contributed by atoms with van der Waals surface area (Å²) in [5.41, 5.74) is 5.70. The SMILES string of the molecule is NCCC1CCCN(CC(=O)N2CCCC3CCCCC32)C1. The molecule has 3 rings (SSSR count). The van der Waals surface area contributed by atoms with Gasteiger partial charge in [0, 0.05) is 19.1 Å². The lowest BCUT2D eigenvalue weighted by molar-refractivity contribution is -0.139. The van der Waals surface area contributed by atoms with E-state index in [0.717, 1.165) is 38.5 Å². The molecule has 1 amide bonds.